The van der Waals surface area contributed by atoms with Crippen molar-refractivity contribution in [2.75, 3.05) is 0 Å². The van der Waals surface area contributed by atoms with Gasteiger partial charge in [0.15, 0.2) is 11.3 Å². The Morgan fingerprint density at radius 1 is 1.10 bits per heavy atom. The average molecular weight is 422 g/mol. The molecule has 0 bridgehead atoms. The highest BCUT2D eigenvalue weighted by Gasteiger charge is 2.34. The minimum Gasteiger partial charge on any atom is -0.333 e. The minimum absolute atomic E-state index is 0.0856. The van der Waals surface area contributed by atoms with Gasteiger partial charge in [0.1, 0.15) is 11.3 Å². The molecule has 3 aromatic heterocycles. The summed E-state index contributed by atoms with van der Waals surface area (Å²) in [6.07, 6.45) is -1.97. The molecular weight excluding hydrogens is 407 g/mol. The summed E-state index contributed by atoms with van der Waals surface area (Å²) in [6, 6.07) is 6.97. The first-order valence-corrected chi connectivity index (χ1v) is 8.85. The van der Waals surface area contributed by atoms with E-state index >= 15 is 0 Å². The monoisotopic (exact) mass is 421 g/mol. The van der Waals surface area contributed by atoms with Gasteiger partial charge in [-0.1, -0.05) is 24.3 Å². The predicted octanol–water partition coefficient (Wildman–Crippen LogP) is 3.37. The van der Waals surface area contributed by atoms with Gasteiger partial charge in [-0.15, -0.1) is 0 Å². The highest BCUT2D eigenvalue weighted by Crippen LogP contribution is 2.30. The number of imidazole rings is 2. The van der Waals surface area contributed by atoms with Gasteiger partial charge in [0, 0.05) is 25.9 Å². The lowest BCUT2D eigenvalue weighted by Crippen LogP contribution is -2.23. The number of benzene rings is 1. The van der Waals surface area contributed by atoms with Gasteiger partial charge in [0.05, 0.1) is 12.7 Å². The summed E-state index contributed by atoms with van der Waals surface area (Å²) in [5, 5.41) is 8.39. The lowest BCUT2D eigenvalue weighted by Gasteiger charge is -2.06. The molecule has 0 aliphatic heterocycles. The average Bonchev–Trinajstić information content (AvgIpc) is 3.16. The van der Waals surface area contributed by atoms with Gasteiger partial charge < -0.3 is 9.13 Å². The van der Waals surface area contributed by atoms with Crippen molar-refractivity contribution in [2.45, 2.75) is 12.7 Å². The molecule has 4 rings (SSSR count). The van der Waals surface area contributed by atoms with Crippen LogP contribution >= 0.6 is 11.6 Å². The molecule has 3 heterocycles. The van der Waals surface area contributed by atoms with Crippen molar-refractivity contribution >= 4 is 22.8 Å². The maximum absolute atomic E-state index is 12.9. The van der Waals surface area contributed by atoms with Crippen LogP contribution in [-0.2, 0) is 26.8 Å². The number of aryl methyl sites for hydroxylation is 2. The first-order valence-electron chi connectivity index (χ1n) is 8.47. The zero-order chi connectivity index (χ0) is 20.9. The van der Waals surface area contributed by atoms with E-state index < -0.39 is 11.9 Å². The number of nitrogens with zero attached hydrogens (tertiary/aromatic N) is 6. The molecule has 0 amide bonds. The molecule has 1 N–H and O–H groups in total. The predicted molar refractivity (Wildman–Crippen MR) is 100 cm³/mol. The van der Waals surface area contributed by atoms with Crippen molar-refractivity contribution in [2.24, 2.45) is 14.1 Å². The fourth-order valence-corrected chi connectivity index (χ4v) is 3.27. The SMILES string of the molecule is Cn1cc(C(F)(F)F)nc1-c1ccc(Cn2c(=N)n(C)c3cnc(Cl)nc32)cc1. The van der Waals surface area contributed by atoms with E-state index in [0.717, 1.165) is 11.8 Å². The standard InChI is InChI=1S/C18H15ClF3N7/c1-27-9-13(18(20,21)22)25-14(27)11-5-3-10(4-6-11)8-29-15-12(28(2)17(29)23)7-24-16(19)26-15/h3-7,9,23H,8H2,1-2H3. The van der Waals surface area contributed by atoms with Gasteiger partial charge in [0.2, 0.25) is 10.9 Å². The number of hydrogen-bond donors (Lipinski definition) is 1. The molecular formula is C18H15ClF3N7. The molecule has 0 saturated carbocycles. The highest BCUT2D eigenvalue weighted by molar-refractivity contribution is 6.28. The molecule has 0 aliphatic rings. The van der Waals surface area contributed by atoms with Crippen LogP contribution in [0.25, 0.3) is 22.6 Å². The van der Waals surface area contributed by atoms with Gasteiger partial charge in [-0.25, -0.2) is 9.97 Å². The second-order valence-corrected chi connectivity index (χ2v) is 6.91. The number of rotatable bonds is 3. The molecule has 0 atom stereocenters. The van der Waals surface area contributed by atoms with E-state index in [1.165, 1.54) is 11.6 Å². The van der Waals surface area contributed by atoms with Crippen LogP contribution in [0.15, 0.2) is 36.7 Å². The molecule has 7 nitrogen and oxygen atoms in total. The van der Waals surface area contributed by atoms with E-state index in [9.17, 15) is 13.2 Å². The van der Waals surface area contributed by atoms with E-state index in [1.54, 1.807) is 46.6 Å². The van der Waals surface area contributed by atoms with Crippen molar-refractivity contribution in [1.29, 1.82) is 5.41 Å². The van der Waals surface area contributed by atoms with Crippen molar-refractivity contribution in [3.05, 3.63) is 58.8 Å². The molecule has 0 unspecified atom stereocenters. The van der Waals surface area contributed by atoms with Gasteiger partial charge >= 0.3 is 6.18 Å². The number of hydrogen-bond acceptors (Lipinski definition) is 4. The Bertz CT molecular complexity index is 1270. The van der Waals surface area contributed by atoms with Crippen LogP contribution in [0.4, 0.5) is 13.2 Å². The maximum Gasteiger partial charge on any atom is 0.434 e. The summed E-state index contributed by atoms with van der Waals surface area (Å²) in [5.74, 6) is 0.224. The van der Waals surface area contributed by atoms with Gasteiger partial charge in [0.25, 0.3) is 0 Å². The van der Waals surface area contributed by atoms with E-state index in [0.29, 0.717) is 23.3 Å². The maximum atomic E-state index is 12.9. The van der Waals surface area contributed by atoms with Gasteiger partial charge in [-0.2, -0.15) is 18.2 Å². The lowest BCUT2D eigenvalue weighted by molar-refractivity contribution is -0.140. The third-order valence-corrected chi connectivity index (χ3v) is 4.81. The topological polar surface area (TPSA) is 77.3 Å². The highest BCUT2D eigenvalue weighted by atomic mass is 35.5. The van der Waals surface area contributed by atoms with Gasteiger partial charge in [-0.3, -0.25) is 9.98 Å². The van der Waals surface area contributed by atoms with Crippen LogP contribution in [0.2, 0.25) is 5.28 Å². The van der Waals surface area contributed by atoms with Crippen LogP contribution in [0.5, 0.6) is 0 Å². The summed E-state index contributed by atoms with van der Waals surface area (Å²) in [5.41, 5.74) is 1.90. The van der Waals surface area contributed by atoms with Crippen molar-refractivity contribution in [3.63, 3.8) is 0 Å². The van der Waals surface area contributed by atoms with Gasteiger partial charge in [-0.05, 0) is 17.2 Å². The number of halogens is 4. The van der Waals surface area contributed by atoms with Crippen LogP contribution < -0.4 is 5.62 Å². The molecule has 0 radical (unpaired) electrons. The number of alkyl halides is 3. The molecule has 150 valence electrons. The zero-order valence-electron chi connectivity index (χ0n) is 15.4. The molecule has 0 fully saturated rings. The Morgan fingerprint density at radius 2 is 1.79 bits per heavy atom. The second kappa shape index (κ2) is 6.73. The molecule has 1 aromatic carbocycles. The number of fused-ring (bicyclic) bond motifs is 1. The summed E-state index contributed by atoms with van der Waals surface area (Å²) in [7, 11) is 3.26. The lowest BCUT2D eigenvalue weighted by atomic mass is 10.1. The summed E-state index contributed by atoms with van der Waals surface area (Å²) in [4.78, 5) is 11.9. The van der Waals surface area contributed by atoms with Crippen molar-refractivity contribution in [1.82, 2.24) is 28.7 Å². The number of nitrogens with one attached hydrogen (secondary N) is 1. The van der Waals surface area contributed by atoms with Crippen LogP contribution in [0.3, 0.4) is 0 Å². The van der Waals surface area contributed by atoms with Crippen molar-refractivity contribution in [3.8, 4) is 11.4 Å². The number of aromatic nitrogens is 6. The summed E-state index contributed by atoms with van der Waals surface area (Å²) >= 11 is 5.90. The van der Waals surface area contributed by atoms with E-state index in [4.69, 9.17) is 17.0 Å². The normalized spacial score (nSPS) is 12.1. The van der Waals surface area contributed by atoms with E-state index in [-0.39, 0.29) is 16.7 Å². The Hall–Kier alpha value is -3.14. The Labute approximate surface area is 167 Å². The van der Waals surface area contributed by atoms with Crippen LogP contribution in [-0.4, -0.2) is 28.7 Å². The van der Waals surface area contributed by atoms with Crippen molar-refractivity contribution < 1.29 is 13.2 Å². The third kappa shape index (κ3) is 3.39. The third-order valence-electron chi connectivity index (χ3n) is 4.63. The fraction of sp³-hybridized carbons (Fsp3) is 0.222. The zero-order valence-corrected chi connectivity index (χ0v) is 16.1. The van der Waals surface area contributed by atoms with E-state index in [2.05, 4.69) is 15.0 Å². The largest absolute Gasteiger partial charge is 0.434 e. The molecule has 29 heavy (non-hydrogen) atoms. The Balaban J connectivity index is 1.68. The Morgan fingerprint density at radius 3 is 2.41 bits per heavy atom. The Kier molecular flexibility index (Phi) is 4.45. The van der Waals surface area contributed by atoms with Crippen LogP contribution in [0.1, 0.15) is 11.3 Å². The molecule has 0 saturated heterocycles. The van der Waals surface area contributed by atoms with E-state index in [1.807, 2.05) is 0 Å². The second-order valence-electron chi connectivity index (χ2n) is 6.57. The summed E-state index contributed by atoms with van der Waals surface area (Å²) < 4.78 is 43.3. The quantitative estimate of drug-likeness (QED) is 0.515. The molecule has 11 heteroatoms. The van der Waals surface area contributed by atoms with Crippen LogP contribution in [0, 0.1) is 5.41 Å². The molecule has 4 aromatic rings. The smallest absolute Gasteiger partial charge is 0.333 e. The summed E-state index contributed by atoms with van der Waals surface area (Å²) in [6.45, 7) is 0.345. The fourth-order valence-electron chi connectivity index (χ4n) is 3.14. The first kappa shape index (κ1) is 19.2. The first-order chi connectivity index (χ1) is 13.6. The minimum atomic E-state index is -4.49. The molecule has 0 aliphatic carbocycles. The molecule has 0 spiro atoms.